The quantitative estimate of drug-likeness (QED) is 0.488. The van der Waals surface area contributed by atoms with Gasteiger partial charge in [-0.3, -0.25) is 14.6 Å². The lowest BCUT2D eigenvalue weighted by Gasteiger charge is -2.29. The number of aromatic hydroxyl groups is 1. The van der Waals surface area contributed by atoms with Crippen molar-refractivity contribution in [2.75, 3.05) is 6.54 Å². The number of carbonyl (C=O) groups is 2. The summed E-state index contributed by atoms with van der Waals surface area (Å²) < 4.78 is 0. The van der Waals surface area contributed by atoms with E-state index < -0.39 is 11.8 Å². The van der Waals surface area contributed by atoms with Gasteiger partial charge in [0.25, 0.3) is 0 Å². The molecule has 7 heteroatoms. The Morgan fingerprint density at radius 3 is 2.55 bits per heavy atom. The number of benzene rings is 3. The molecular formula is C31H30ClN3O3. The first-order valence-corrected chi connectivity index (χ1v) is 13.5. The van der Waals surface area contributed by atoms with Gasteiger partial charge < -0.3 is 15.7 Å². The van der Waals surface area contributed by atoms with Gasteiger partial charge in [-0.1, -0.05) is 48.0 Å². The van der Waals surface area contributed by atoms with Crippen LogP contribution in [0, 0.1) is 11.8 Å². The maximum atomic E-state index is 13.6. The summed E-state index contributed by atoms with van der Waals surface area (Å²) in [5.41, 5.74) is 11.0. The molecule has 194 valence electrons. The first kappa shape index (κ1) is 24.7. The van der Waals surface area contributed by atoms with Gasteiger partial charge in [-0.15, -0.1) is 0 Å². The normalized spacial score (nSPS) is 26.1. The molecule has 2 aliphatic heterocycles. The molecule has 1 fully saturated rings. The molecule has 1 aliphatic carbocycles. The third-order valence-corrected chi connectivity index (χ3v) is 8.83. The summed E-state index contributed by atoms with van der Waals surface area (Å²) >= 11 is 6.05. The minimum atomic E-state index is -0.499. The molecular weight excluding hydrogens is 498 g/mol. The average molecular weight is 528 g/mol. The van der Waals surface area contributed by atoms with Gasteiger partial charge in [0, 0.05) is 35.9 Å². The minimum absolute atomic E-state index is 0.0186. The standard InChI is InChI=1S/C31H30ClN3O3/c32-22-9-5-19(6-10-22)17-35-18-25(24(30(35)38)15-28(33)37)27-16-31(14-13-20-3-1-2-4-26(20)31)29(34-27)21-7-11-23(36)12-8-21/h1-12,24-25,27,36H,13-18H2,(H2,33,37)/t24?,25?,27?,31-/m0/s1. The fraction of sp³-hybridized carbons (Fsp3) is 0.323. The van der Waals surface area contributed by atoms with Crippen molar-refractivity contribution in [3.05, 3.63) is 100 Å². The van der Waals surface area contributed by atoms with Crippen LogP contribution in [0.4, 0.5) is 0 Å². The predicted molar refractivity (Wildman–Crippen MR) is 147 cm³/mol. The van der Waals surface area contributed by atoms with Crippen molar-refractivity contribution >= 4 is 29.1 Å². The van der Waals surface area contributed by atoms with E-state index in [1.54, 1.807) is 12.1 Å². The van der Waals surface area contributed by atoms with Crippen molar-refractivity contribution < 1.29 is 14.7 Å². The van der Waals surface area contributed by atoms with Gasteiger partial charge in [0.1, 0.15) is 5.75 Å². The highest BCUT2D eigenvalue weighted by Gasteiger charge is 2.54. The highest BCUT2D eigenvalue weighted by molar-refractivity contribution is 6.30. The number of aryl methyl sites for hydroxylation is 1. The molecule has 6 nitrogen and oxygen atoms in total. The smallest absolute Gasteiger partial charge is 0.226 e. The van der Waals surface area contributed by atoms with Crippen molar-refractivity contribution in [1.82, 2.24) is 4.90 Å². The zero-order valence-electron chi connectivity index (χ0n) is 21.0. The molecule has 3 unspecified atom stereocenters. The van der Waals surface area contributed by atoms with Gasteiger partial charge in [-0.05, 0) is 77.9 Å². The summed E-state index contributed by atoms with van der Waals surface area (Å²) in [7, 11) is 0. The number of halogens is 1. The molecule has 3 aliphatic rings. The highest BCUT2D eigenvalue weighted by Crippen LogP contribution is 2.51. The molecule has 2 heterocycles. The fourth-order valence-electron chi connectivity index (χ4n) is 6.84. The van der Waals surface area contributed by atoms with Crippen LogP contribution in [0.3, 0.4) is 0 Å². The molecule has 3 aromatic carbocycles. The molecule has 1 saturated heterocycles. The van der Waals surface area contributed by atoms with Gasteiger partial charge >= 0.3 is 0 Å². The SMILES string of the molecule is NC(=O)CC1C(=O)N(Cc2ccc(Cl)cc2)CC1C1C[C@]2(CCc3ccccc32)C(c2ccc(O)cc2)=N1. The van der Waals surface area contributed by atoms with E-state index in [4.69, 9.17) is 22.3 Å². The molecule has 3 N–H and O–H groups in total. The number of nitrogens with two attached hydrogens (primary N) is 1. The Morgan fingerprint density at radius 1 is 1.08 bits per heavy atom. The number of carbonyl (C=O) groups excluding carboxylic acids is 2. The van der Waals surface area contributed by atoms with E-state index in [2.05, 4.69) is 24.3 Å². The van der Waals surface area contributed by atoms with E-state index in [1.807, 2.05) is 41.3 Å². The summed E-state index contributed by atoms with van der Waals surface area (Å²) in [5, 5.41) is 10.6. The lowest BCUT2D eigenvalue weighted by atomic mass is 9.71. The number of likely N-dealkylation sites (tertiary alicyclic amines) is 1. The number of nitrogens with zero attached hydrogens (tertiary/aromatic N) is 2. The van der Waals surface area contributed by atoms with Crippen LogP contribution in [0.5, 0.6) is 5.75 Å². The van der Waals surface area contributed by atoms with Crippen LogP contribution in [0.1, 0.15) is 41.5 Å². The Morgan fingerprint density at radius 2 is 1.82 bits per heavy atom. The Labute approximate surface area is 227 Å². The van der Waals surface area contributed by atoms with E-state index in [9.17, 15) is 14.7 Å². The summed E-state index contributed by atoms with van der Waals surface area (Å²) in [6.07, 6.45) is 2.71. The number of aliphatic imine (C=N–C) groups is 1. The van der Waals surface area contributed by atoms with Crippen LogP contribution < -0.4 is 5.73 Å². The summed E-state index contributed by atoms with van der Waals surface area (Å²) in [6.45, 7) is 0.977. The highest BCUT2D eigenvalue weighted by atomic mass is 35.5. The van der Waals surface area contributed by atoms with Crippen LogP contribution in [-0.4, -0.2) is 40.1 Å². The van der Waals surface area contributed by atoms with E-state index in [1.165, 1.54) is 11.1 Å². The van der Waals surface area contributed by atoms with E-state index >= 15 is 0 Å². The van der Waals surface area contributed by atoms with E-state index in [-0.39, 0.29) is 35.5 Å². The molecule has 0 saturated carbocycles. The van der Waals surface area contributed by atoms with Crippen LogP contribution in [-0.2, 0) is 28.0 Å². The van der Waals surface area contributed by atoms with Crippen LogP contribution in [0.25, 0.3) is 0 Å². The van der Waals surface area contributed by atoms with Crippen LogP contribution >= 0.6 is 11.6 Å². The van der Waals surface area contributed by atoms with Gasteiger partial charge in [0.05, 0.1) is 17.7 Å². The lowest BCUT2D eigenvalue weighted by molar-refractivity contribution is -0.134. The fourth-order valence-corrected chi connectivity index (χ4v) is 6.97. The number of hydrogen-bond donors (Lipinski definition) is 2. The topological polar surface area (TPSA) is 96.0 Å². The number of fused-ring (bicyclic) bond motifs is 2. The van der Waals surface area contributed by atoms with Crippen molar-refractivity contribution in [1.29, 1.82) is 0 Å². The van der Waals surface area contributed by atoms with Gasteiger partial charge in [0.2, 0.25) is 11.8 Å². The van der Waals surface area contributed by atoms with Crippen LogP contribution in [0.15, 0.2) is 77.8 Å². The third kappa shape index (κ3) is 4.27. The number of rotatable bonds is 6. The molecule has 0 bridgehead atoms. The Balaban J connectivity index is 1.37. The molecule has 2 amide bonds. The van der Waals surface area contributed by atoms with Gasteiger partial charge in [0.15, 0.2) is 0 Å². The first-order valence-electron chi connectivity index (χ1n) is 13.1. The minimum Gasteiger partial charge on any atom is -0.508 e. The van der Waals surface area contributed by atoms with Crippen LogP contribution in [0.2, 0.25) is 5.02 Å². The lowest BCUT2D eigenvalue weighted by Crippen LogP contribution is -2.34. The van der Waals surface area contributed by atoms with Crippen molar-refractivity contribution in [3.63, 3.8) is 0 Å². The summed E-state index contributed by atoms with van der Waals surface area (Å²) in [6, 6.07) is 23.2. The molecule has 6 rings (SSSR count). The maximum Gasteiger partial charge on any atom is 0.226 e. The van der Waals surface area contributed by atoms with Crippen molar-refractivity contribution in [3.8, 4) is 5.75 Å². The largest absolute Gasteiger partial charge is 0.508 e. The summed E-state index contributed by atoms with van der Waals surface area (Å²) in [5.74, 6) is -0.922. The monoisotopic (exact) mass is 527 g/mol. The number of phenolic OH excluding ortho intramolecular Hbond substituents is 1. The molecule has 4 atom stereocenters. The maximum absolute atomic E-state index is 13.6. The second-order valence-electron chi connectivity index (χ2n) is 10.8. The van der Waals surface area contributed by atoms with Crippen molar-refractivity contribution in [2.45, 2.75) is 43.7 Å². The average Bonchev–Trinajstić information content (AvgIpc) is 3.57. The van der Waals surface area contributed by atoms with Crippen molar-refractivity contribution in [2.24, 2.45) is 22.6 Å². The third-order valence-electron chi connectivity index (χ3n) is 8.58. The predicted octanol–water partition coefficient (Wildman–Crippen LogP) is 4.64. The molecule has 1 spiro atoms. The Bertz CT molecular complexity index is 1420. The number of phenols is 1. The van der Waals surface area contributed by atoms with Gasteiger partial charge in [-0.25, -0.2) is 0 Å². The van der Waals surface area contributed by atoms with E-state index in [0.717, 1.165) is 36.1 Å². The second-order valence-corrected chi connectivity index (χ2v) is 11.3. The van der Waals surface area contributed by atoms with E-state index in [0.29, 0.717) is 18.1 Å². The zero-order chi connectivity index (χ0) is 26.4. The Hall–Kier alpha value is -3.64. The first-order chi connectivity index (χ1) is 18.3. The summed E-state index contributed by atoms with van der Waals surface area (Å²) in [4.78, 5) is 32.8. The number of hydrogen-bond acceptors (Lipinski definition) is 4. The molecule has 38 heavy (non-hydrogen) atoms. The molecule has 3 aromatic rings. The zero-order valence-corrected chi connectivity index (χ0v) is 21.8. The molecule has 0 radical (unpaired) electrons. The molecule has 0 aromatic heterocycles. The number of primary amides is 1. The second kappa shape index (κ2) is 9.59. The Kier molecular flexibility index (Phi) is 6.23. The number of amides is 2. The van der Waals surface area contributed by atoms with Gasteiger partial charge in [-0.2, -0.15) is 0 Å².